The highest BCUT2D eigenvalue weighted by Crippen LogP contribution is 2.26. The molecule has 0 aliphatic carbocycles. The minimum atomic E-state index is -3.63. The maximum absolute atomic E-state index is 13.0. The molecule has 2 fully saturated rings. The first-order valence-corrected chi connectivity index (χ1v) is 13.6. The van der Waals surface area contributed by atoms with Crippen LogP contribution in [0.1, 0.15) is 40.8 Å². The van der Waals surface area contributed by atoms with Crippen LogP contribution in [0.2, 0.25) is 0 Å². The Labute approximate surface area is 199 Å². The summed E-state index contributed by atoms with van der Waals surface area (Å²) in [7, 11) is -3.63. The molecule has 0 N–H and O–H groups in total. The van der Waals surface area contributed by atoms with Crippen LogP contribution >= 0.6 is 11.3 Å². The SMILES string of the molecule is CC(=O)c1ccc(S(=O)(=O)N2CCC(C(=O)N3CCN(Cc4csc(C)n4)CC3)CC2)cc1. The summed E-state index contributed by atoms with van der Waals surface area (Å²) < 4.78 is 27.4. The van der Waals surface area contributed by atoms with Gasteiger partial charge in [0.15, 0.2) is 5.78 Å². The largest absolute Gasteiger partial charge is 0.340 e. The molecule has 3 heterocycles. The van der Waals surface area contributed by atoms with Gasteiger partial charge in [0.2, 0.25) is 15.9 Å². The van der Waals surface area contributed by atoms with Gasteiger partial charge in [0.05, 0.1) is 15.6 Å². The van der Waals surface area contributed by atoms with Gasteiger partial charge in [0.25, 0.3) is 0 Å². The van der Waals surface area contributed by atoms with Crippen molar-refractivity contribution in [3.63, 3.8) is 0 Å². The quantitative estimate of drug-likeness (QED) is 0.578. The molecule has 2 aliphatic rings. The van der Waals surface area contributed by atoms with E-state index >= 15 is 0 Å². The fourth-order valence-electron chi connectivity index (χ4n) is 4.45. The number of hydrogen-bond donors (Lipinski definition) is 0. The van der Waals surface area contributed by atoms with Crippen molar-refractivity contribution in [2.45, 2.75) is 38.1 Å². The Hall–Kier alpha value is -2.14. The van der Waals surface area contributed by atoms with E-state index in [1.165, 1.54) is 23.4 Å². The van der Waals surface area contributed by atoms with Gasteiger partial charge in [-0.15, -0.1) is 11.3 Å². The van der Waals surface area contributed by atoms with Crippen LogP contribution in [0.4, 0.5) is 0 Å². The van der Waals surface area contributed by atoms with Gasteiger partial charge in [0.1, 0.15) is 0 Å². The van der Waals surface area contributed by atoms with Crippen LogP contribution in [-0.2, 0) is 21.4 Å². The summed E-state index contributed by atoms with van der Waals surface area (Å²) in [5, 5.41) is 3.16. The first-order valence-electron chi connectivity index (χ1n) is 11.3. The van der Waals surface area contributed by atoms with E-state index in [1.807, 2.05) is 11.8 Å². The number of aryl methyl sites for hydroxylation is 1. The number of amides is 1. The second-order valence-electron chi connectivity index (χ2n) is 8.72. The van der Waals surface area contributed by atoms with Crippen LogP contribution in [0, 0.1) is 12.8 Å². The minimum absolute atomic E-state index is 0.0997. The molecule has 0 spiro atoms. The molecule has 8 nitrogen and oxygen atoms in total. The Balaban J connectivity index is 1.28. The molecular formula is C23H30N4O4S2. The summed E-state index contributed by atoms with van der Waals surface area (Å²) in [6.45, 7) is 7.98. The lowest BCUT2D eigenvalue weighted by atomic mass is 9.96. The van der Waals surface area contributed by atoms with E-state index in [2.05, 4.69) is 15.3 Å². The number of ketones is 1. The van der Waals surface area contributed by atoms with E-state index in [0.29, 0.717) is 44.6 Å². The molecule has 2 aromatic rings. The minimum Gasteiger partial charge on any atom is -0.340 e. The summed E-state index contributed by atoms with van der Waals surface area (Å²) in [6.07, 6.45) is 1.06. The summed E-state index contributed by atoms with van der Waals surface area (Å²) >= 11 is 1.66. The molecule has 0 unspecified atom stereocenters. The Morgan fingerprint density at radius 1 is 1.03 bits per heavy atom. The number of rotatable bonds is 6. The number of carbonyl (C=O) groups is 2. The van der Waals surface area contributed by atoms with Gasteiger partial charge in [-0.3, -0.25) is 14.5 Å². The second kappa shape index (κ2) is 10.0. The lowest BCUT2D eigenvalue weighted by Gasteiger charge is -2.38. The molecule has 2 saturated heterocycles. The molecule has 1 aromatic heterocycles. The number of thiazole rings is 1. The number of piperazine rings is 1. The van der Waals surface area contributed by atoms with E-state index in [9.17, 15) is 18.0 Å². The van der Waals surface area contributed by atoms with Crippen molar-refractivity contribution >= 4 is 33.1 Å². The van der Waals surface area contributed by atoms with E-state index < -0.39 is 10.0 Å². The Morgan fingerprint density at radius 2 is 1.67 bits per heavy atom. The highest BCUT2D eigenvalue weighted by molar-refractivity contribution is 7.89. The van der Waals surface area contributed by atoms with Crippen molar-refractivity contribution in [2.24, 2.45) is 5.92 Å². The van der Waals surface area contributed by atoms with E-state index in [1.54, 1.807) is 23.5 Å². The van der Waals surface area contributed by atoms with Gasteiger partial charge in [-0.1, -0.05) is 12.1 Å². The average Bonchev–Trinajstić information content (AvgIpc) is 3.23. The molecule has 178 valence electrons. The number of Topliss-reactive ketones (excluding diaryl/α,β-unsaturated/α-hetero) is 1. The molecule has 1 amide bonds. The molecule has 1 aromatic carbocycles. The third-order valence-corrected chi connectivity index (χ3v) is 9.17. The molecule has 0 saturated carbocycles. The molecule has 0 atom stereocenters. The van der Waals surface area contributed by atoms with Gasteiger partial charge in [-0.05, 0) is 38.8 Å². The second-order valence-corrected chi connectivity index (χ2v) is 11.7. The lowest BCUT2D eigenvalue weighted by Crippen LogP contribution is -2.51. The van der Waals surface area contributed by atoms with Crippen molar-refractivity contribution in [3.05, 3.63) is 45.9 Å². The molecule has 33 heavy (non-hydrogen) atoms. The highest BCUT2D eigenvalue weighted by atomic mass is 32.2. The summed E-state index contributed by atoms with van der Waals surface area (Å²) in [4.78, 5) is 33.4. The van der Waals surface area contributed by atoms with Gasteiger partial charge in [-0.25, -0.2) is 13.4 Å². The third-order valence-electron chi connectivity index (χ3n) is 6.44. The predicted molar refractivity (Wildman–Crippen MR) is 127 cm³/mol. The number of sulfonamides is 1. The van der Waals surface area contributed by atoms with E-state index in [0.717, 1.165) is 30.3 Å². The van der Waals surface area contributed by atoms with Crippen molar-refractivity contribution < 1.29 is 18.0 Å². The standard InChI is InChI=1S/C23H30N4O4S2/c1-17(28)19-3-5-22(6-4-19)33(30,31)27-9-7-20(8-10-27)23(29)26-13-11-25(12-14-26)15-21-16-32-18(2)24-21/h3-6,16,20H,7-15H2,1-2H3. The van der Waals surface area contributed by atoms with E-state index in [4.69, 9.17) is 0 Å². The molecule has 0 radical (unpaired) electrons. The van der Waals surface area contributed by atoms with Crippen molar-refractivity contribution in [1.29, 1.82) is 0 Å². The summed E-state index contributed by atoms with van der Waals surface area (Å²) in [5.41, 5.74) is 1.57. The predicted octanol–water partition coefficient (Wildman–Crippen LogP) is 2.40. The third kappa shape index (κ3) is 5.51. The smallest absolute Gasteiger partial charge is 0.243 e. The van der Waals surface area contributed by atoms with Crippen LogP contribution in [0.15, 0.2) is 34.5 Å². The Bertz CT molecular complexity index is 1100. The van der Waals surface area contributed by atoms with Crippen LogP contribution < -0.4 is 0 Å². The van der Waals surface area contributed by atoms with Crippen LogP contribution in [0.3, 0.4) is 0 Å². The topological polar surface area (TPSA) is 90.9 Å². The number of benzene rings is 1. The number of piperidine rings is 1. The fraction of sp³-hybridized carbons (Fsp3) is 0.522. The zero-order chi connectivity index (χ0) is 23.6. The fourth-order valence-corrected chi connectivity index (χ4v) is 6.52. The maximum Gasteiger partial charge on any atom is 0.243 e. The number of hydrogen-bond acceptors (Lipinski definition) is 7. The first-order chi connectivity index (χ1) is 15.7. The van der Waals surface area contributed by atoms with E-state index in [-0.39, 0.29) is 22.5 Å². The van der Waals surface area contributed by atoms with Crippen molar-refractivity contribution in [3.8, 4) is 0 Å². The molecule has 0 bridgehead atoms. The zero-order valence-corrected chi connectivity index (χ0v) is 20.7. The number of nitrogens with zero attached hydrogens (tertiary/aromatic N) is 4. The number of aromatic nitrogens is 1. The average molecular weight is 491 g/mol. The zero-order valence-electron chi connectivity index (χ0n) is 19.1. The Morgan fingerprint density at radius 3 is 2.21 bits per heavy atom. The van der Waals surface area contributed by atoms with Gasteiger partial charge in [0, 0.05) is 62.7 Å². The number of carbonyl (C=O) groups excluding carboxylic acids is 2. The van der Waals surface area contributed by atoms with Gasteiger partial charge >= 0.3 is 0 Å². The van der Waals surface area contributed by atoms with Gasteiger partial charge in [-0.2, -0.15) is 4.31 Å². The molecule has 4 rings (SSSR count). The van der Waals surface area contributed by atoms with Crippen molar-refractivity contribution in [2.75, 3.05) is 39.3 Å². The molecule has 2 aliphatic heterocycles. The highest BCUT2D eigenvalue weighted by Gasteiger charge is 2.34. The summed E-state index contributed by atoms with van der Waals surface area (Å²) in [5.74, 6) is -0.0939. The molecule has 10 heteroatoms. The van der Waals surface area contributed by atoms with Crippen LogP contribution in [-0.4, -0.2) is 78.5 Å². The monoisotopic (exact) mass is 490 g/mol. The Kier molecular flexibility index (Phi) is 7.28. The normalized spacial score (nSPS) is 19.0. The van der Waals surface area contributed by atoms with Crippen LogP contribution in [0.5, 0.6) is 0 Å². The lowest BCUT2D eigenvalue weighted by molar-refractivity contribution is -0.138. The van der Waals surface area contributed by atoms with Gasteiger partial charge < -0.3 is 4.90 Å². The molecular weight excluding hydrogens is 460 g/mol. The first kappa shape index (κ1) is 24.0. The van der Waals surface area contributed by atoms with Crippen molar-refractivity contribution in [1.82, 2.24) is 19.1 Å². The summed E-state index contributed by atoms with van der Waals surface area (Å²) in [6, 6.07) is 6.05. The maximum atomic E-state index is 13.0. The van der Waals surface area contributed by atoms with Crippen LogP contribution in [0.25, 0.3) is 0 Å².